The third-order valence-electron chi connectivity index (χ3n) is 4.68. The number of ether oxygens (including phenoxy) is 1. The van der Waals surface area contributed by atoms with Gasteiger partial charge in [0.25, 0.3) is 0 Å². The third-order valence-corrected chi connectivity index (χ3v) is 6.36. The van der Waals surface area contributed by atoms with Crippen LogP contribution in [0.1, 0.15) is 30.1 Å². The first-order chi connectivity index (χ1) is 14.5. The smallest absolute Gasteiger partial charge is 0.325 e. The molecule has 0 amide bonds. The van der Waals surface area contributed by atoms with Gasteiger partial charge in [0.1, 0.15) is 12.3 Å². The molecule has 10 heteroatoms. The molecule has 1 aliphatic rings. The van der Waals surface area contributed by atoms with Gasteiger partial charge in [-0.05, 0) is 77.5 Å². The van der Waals surface area contributed by atoms with Crippen LogP contribution in [0.2, 0.25) is 5.02 Å². The quantitative estimate of drug-likeness (QED) is 0.421. The lowest BCUT2D eigenvalue weighted by atomic mass is 9.94. The van der Waals surface area contributed by atoms with Gasteiger partial charge in [-0.25, -0.2) is 4.98 Å². The molecule has 30 heavy (non-hydrogen) atoms. The zero-order chi connectivity index (χ0) is 21.1. The summed E-state index contributed by atoms with van der Waals surface area (Å²) in [4.78, 5) is 16.3. The number of fused-ring (bicyclic) bond motifs is 1. The number of aromatic nitrogens is 3. The average molecular weight is 510 g/mol. The van der Waals surface area contributed by atoms with E-state index in [9.17, 15) is 4.79 Å². The van der Waals surface area contributed by atoms with E-state index < -0.39 is 5.97 Å². The van der Waals surface area contributed by atoms with Crippen molar-refractivity contribution in [1.29, 1.82) is 0 Å². The van der Waals surface area contributed by atoms with Gasteiger partial charge in [0.2, 0.25) is 5.88 Å². The van der Waals surface area contributed by atoms with Crippen LogP contribution in [0.3, 0.4) is 0 Å². The highest BCUT2D eigenvalue weighted by Crippen LogP contribution is 2.34. The predicted molar refractivity (Wildman–Crippen MR) is 118 cm³/mol. The normalized spacial score (nSPS) is 15.6. The van der Waals surface area contributed by atoms with Crippen LogP contribution in [0.4, 0.5) is 0 Å². The Balaban J connectivity index is 1.41. The molecule has 1 atom stereocenters. The van der Waals surface area contributed by atoms with Gasteiger partial charge in [0.05, 0.1) is 10.7 Å². The average Bonchev–Trinajstić information content (AvgIpc) is 3.13. The van der Waals surface area contributed by atoms with Crippen molar-refractivity contribution < 1.29 is 14.6 Å². The van der Waals surface area contributed by atoms with E-state index in [-0.39, 0.29) is 12.6 Å². The number of rotatable bonds is 7. The molecule has 156 valence electrons. The molecule has 0 bridgehead atoms. The monoisotopic (exact) mass is 508 g/mol. The molecule has 0 saturated heterocycles. The maximum Gasteiger partial charge on any atom is 0.325 e. The molecule has 0 unspecified atom stereocenters. The molecular weight excluding hydrogens is 492 g/mol. The molecule has 2 aromatic heterocycles. The van der Waals surface area contributed by atoms with Gasteiger partial charge in [0, 0.05) is 33.4 Å². The Labute approximate surface area is 191 Å². The fraction of sp³-hybridized carbons (Fsp3) is 0.250. The highest BCUT2D eigenvalue weighted by molar-refractivity contribution is 9.10. The summed E-state index contributed by atoms with van der Waals surface area (Å²) in [6.07, 6.45) is 6.30. The number of hydrogen-bond acceptors (Lipinski definition) is 6. The zero-order valence-corrected chi connectivity index (χ0v) is 18.9. The van der Waals surface area contributed by atoms with Crippen molar-refractivity contribution in [2.75, 3.05) is 0 Å². The lowest BCUT2D eigenvalue weighted by Gasteiger charge is -2.23. The first-order valence-corrected chi connectivity index (χ1v) is 11.3. The minimum absolute atomic E-state index is 0.102. The zero-order valence-electron chi connectivity index (χ0n) is 15.7. The molecule has 1 aliphatic carbocycles. The third kappa shape index (κ3) is 4.97. The van der Waals surface area contributed by atoms with E-state index in [2.05, 4.69) is 30.7 Å². The second-order valence-electron chi connectivity index (χ2n) is 6.78. The molecule has 4 rings (SSSR count). The maximum absolute atomic E-state index is 11.0. The van der Waals surface area contributed by atoms with Crippen LogP contribution in [0.15, 0.2) is 52.1 Å². The van der Waals surface area contributed by atoms with Crippen LogP contribution in [0, 0.1) is 0 Å². The molecule has 1 aromatic carbocycles. The first-order valence-electron chi connectivity index (χ1n) is 9.27. The fourth-order valence-corrected chi connectivity index (χ4v) is 4.81. The van der Waals surface area contributed by atoms with Crippen LogP contribution in [-0.2, 0) is 17.8 Å². The Morgan fingerprint density at radius 1 is 1.37 bits per heavy atom. The Morgan fingerprint density at radius 2 is 2.17 bits per heavy atom. The number of nitrogens with zero attached hydrogens (tertiary/aromatic N) is 3. The van der Waals surface area contributed by atoms with Crippen molar-refractivity contribution in [3.8, 4) is 11.6 Å². The summed E-state index contributed by atoms with van der Waals surface area (Å²) < 4.78 is 11.6. The highest BCUT2D eigenvalue weighted by Gasteiger charge is 2.25. The Bertz CT molecular complexity index is 1060. The van der Waals surface area contributed by atoms with Gasteiger partial charge >= 0.3 is 5.97 Å². The molecule has 0 aliphatic heterocycles. The van der Waals surface area contributed by atoms with Crippen LogP contribution in [0.5, 0.6) is 11.6 Å². The summed E-state index contributed by atoms with van der Waals surface area (Å²) in [5.74, 6) is 0.234. The van der Waals surface area contributed by atoms with Crippen molar-refractivity contribution in [2.24, 2.45) is 0 Å². The standard InChI is InChI=1S/C20H18BrClN4O3S/c21-16-8-14(9-23-20(16)29-13-6-4-12(22)5-7-13)30-25-17-2-1-3-18-15(17)10-24-26(18)11-19(27)28/h4-10,17,25H,1-3,11H2,(H,27,28)/t17-/m1/s1. The van der Waals surface area contributed by atoms with E-state index in [1.807, 2.05) is 6.07 Å². The van der Waals surface area contributed by atoms with Crippen molar-refractivity contribution in [3.05, 3.63) is 63.5 Å². The number of halogens is 2. The first kappa shape index (κ1) is 21.2. The van der Waals surface area contributed by atoms with E-state index in [1.165, 1.54) is 11.9 Å². The largest absolute Gasteiger partial charge is 0.480 e. The van der Waals surface area contributed by atoms with Crippen molar-refractivity contribution in [3.63, 3.8) is 0 Å². The highest BCUT2D eigenvalue weighted by atomic mass is 79.9. The molecule has 2 heterocycles. The van der Waals surface area contributed by atoms with Crippen molar-refractivity contribution in [2.45, 2.75) is 36.7 Å². The number of hydrogen-bond donors (Lipinski definition) is 2. The minimum Gasteiger partial charge on any atom is -0.480 e. The summed E-state index contributed by atoms with van der Waals surface area (Å²) >= 11 is 10.9. The molecule has 0 saturated carbocycles. The number of carboxylic acid groups (broad SMARTS) is 1. The lowest BCUT2D eigenvalue weighted by Crippen LogP contribution is -2.22. The summed E-state index contributed by atoms with van der Waals surface area (Å²) in [6.45, 7) is -0.110. The SMILES string of the molecule is O=C(O)Cn1ncc2c1CCC[C@H]2NSc1cnc(Oc2ccc(Cl)cc2)c(Br)c1. The summed E-state index contributed by atoms with van der Waals surface area (Å²) in [6, 6.07) is 9.13. The molecule has 0 radical (unpaired) electrons. The Morgan fingerprint density at radius 3 is 2.90 bits per heavy atom. The number of pyridine rings is 1. The Kier molecular flexibility index (Phi) is 6.62. The molecule has 3 aromatic rings. The van der Waals surface area contributed by atoms with E-state index in [0.717, 1.165) is 39.9 Å². The van der Waals surface area contributed by atoms with Crippen LogP contribution in [0.25, 0.3) is 0 Å². The number of benzene rings is 1. The van der Waals surface area contributed by atoms with E-state index in [4.69, 9.17) is 21.4 Å². The number of carbonyl (C=O) groups is 1. The van der Waals surface area contributed by atoms with Gasteiger partial charge in [-0.1, -0.05) is 11.6 Å². The number of carboxylic acids is 1. The molecule has 0 fully saturated rings. The number of aliphatic carboxylic acids is 1. The fourth-order valence-electron chi connectivity index (χ4n) is 3.30. The van der Waals surface area contributed by atoms with Crippen LogP contribution < -0.4 is 9.46 Å². The van der Waals surface area contributed by atoms with Crippen molar-refractivity contribution >= 4 is 45.4 Å². The molecular formula is C20H18BrClN4O3S. The Hall–Kier alpha value is -2.07. The lowest BCUT2D eigenvalue weighted by molar-refractivity contribution is -0.137. The van der Waals surface area contributed by atoms with Gasteiger partial charge in [-0.3, -0.25) is 14.2 Å². The van der Waals surface area contributed by atoms with Crippen LogP contribution >= 0.6 is 39.5 Å². The van der Waals surface area contributed by atoms with Gasteiger partial charge in [-0.15, -0.1) is 0 Å². The van der Waals surface area contributed by atoms with Gasteiger partial charge < -0.3 is 9.84 Å². The molecule has 0 spiro atoms. The molecule has 7 nitrogen and oxygen atoms in total. The minimum atomic E-state index is -0.887. The molecule has 2 N–H and O–H groups in total. The topological polar surface area (TPSA) is 89.3 Å². The summed E-state index contributed by atoms with van der Waals surface area (Å²) in [5.41, 5.74) is 2.05. The van der Waals surface area contributed by atoms with Crippen LogP contribution in [-0.4, -0.2) is 25.8 Å². The van der Waals surface area contributed by atoms with Gasteiger partial charge in [0.15, 0.2) is 0 Å². The summed E-state index contributed by atoms with van der Waals surface area (Å²) in [5, 5.41) is 14.0. The van der Waals surface area contributed by atoms with Gasteiger partial charge in [-0.2, -0.15) is 5.10 Å². The number of nitrogens with one attached hydrogen (secondary N) is 1. The van der Waals surface area contributed by atoms with Crippen molar-refractivity contribution in [1.82, 2.24) is 19.5 Å². The predicted octanol–water partition coefficient (Wildman–Crippen LogP) is 5.25. The summed E-state index contributed by atoms with van der Waals surface area (Å²) in [7, 11) is 0. The van der Waals surface area contributed by atoms with E-state index >= 15 is 0 Å². The second kappa shape index (κ2) is 9.38. The van der Waals surface area contributed by atoms with E-state index in [0.29, 0.717) is 16.7 Å². The maximum atomic E-state index is 11.0. The van der Waals surface area contributed by atoms with E-state index in [1.54, 1.807) is 41.3 Å². The second-order valence-corrected chi connectivity index (χ2v) is 8.98.